The molecule has 1 aromatic carbocycles. The van der Waals surface area contributed by atoms with Gasteiger partial charge in [-0.1, -0.05) is 11.6 Å². The van der Waals surface area contributed by atoms with Gasteiger partial charge in [-0.15, -0.1) is 0 Å². The zero-order chi connectivity index (χ0) is 13.4. The monoisotopic (exact) mass is 276 g/mol. The molecule has 94 valence electrons. The summed E-state index contributed by atoms with van der Waals surface area (Å²) in [6.07, 6.45) is 0. The van der Waals surface area contributed by atoms with Crippen molar-refractivity contribution in [3.8, 4) is 0 Å². The molecular formula is C11H13ClO4S. The number of carboxylic acids is 1. The van der Waals surface area contributed by atoms with E-state index >= 15 is 0 Å². The zero-order valence-corrected chi connectivity index (χ0v) is 11.3. The topological polar surface area (TPSA) is 71.4 Å². The van der Waals surface area contributed by atoms with Gasteiger partial charge in [0.15, 0.2) is 9.84 Å². The first-order valence-electron chi connectivity index (χ1n) is 4.95. The second-order valence-electron chi connectivity index (χ2n) is 3.98. The molecule has 1 aromatic rings. The Hall–Kier alpha value is -1.07. The molecule has 1 N–H and O–H groups in total. The lowest BCUT2D eigenvalue weighted by molar-refractivity contribution is 0.0696. The van der Waals surface area contributed by atoms with E-state index in [0.29, 0.717) is 0 Å². The van der Waals surface area contributed by atoms with Crippen molar-refractivity contribution in [2.24, 2.45) is 0 Å². The van der Waals surface area contributed by atoms with E-state index in [1.54, 1.807) is 0 Å². The van der Waals surface area contributed by atoms with E-state index in [1.165, 1.54) is 32.9 Å². The largest absolute Gasteiger partial charge is 0.478 e. The van der Waals surface area contributed by atoms with E-state index in [0.717, 1.165) is 0 Å². The highest BCUT2D eigenvalue weighted by Gasteiger charge is 2.24. The van der Waals surface area contributed by atoms with Crippen molar-refractivity contribution in [3.05, 3.63) is 28.3 Å². The number of halogens is 1. The van der Waals surface area contributed by atoms with Gasteiger partial charge in [-0.05, 0) is 38.5 Å². The molecule has 0 aliphatic carbocycles. The summed E-state index contributed by atoms with van der Waals surface area (Å²) in [5.74, 6) is -1.19. The van der Waals surface area contributed by atoms with Crippen molar-refractivity contribution in [2.75, 3.05) is 0 Å². The number of aromatic carboxylic acids is 1. The number of carbonyl (C=O) groups is 1. The fourth-order valence-electron chi connectivity index (χ4n) is 1.43. The molecule has 0 spiro atoms. The second kappa shape index (κ2) is 4.66. The Balaban J connectivity index is 3.62. The van der Waals surface area contributed by atoms with Crippen LogP contribution in [0.3, 0.4) is 0 Å². The van der Waals surface area contributed by atoms with Gasteiger partial charge in [0.25, 0.3) is 0 Å². The number of benzene rings is 1. The lowest BCUT2D eigenvalue weighted by Crippen LogP contribution is -2.17. The van der Waals surface area contributed by atoms with E-state index in [4.69, 9.17) is 16.7 Å². The maximum absolute atomic E-state index is 12.0. The molecule has 0 radical (unpaired) electrons. The van der Waals surface area contributed by atoms with Gasteiger partial charge in [0.1, 0.15) is 0 Å². The Labute approximate surface area is 105 Å². The van der Waals surface area contributed by atoms with Crippen LogP contribution in [0.15, 0.2) is 17.0 Å². The summed E-state index contributed by atoms with van der Waals surface area (Å²) >= 11 is 5.75. The maximum atomic E-state index is 12.0. The molecule has 0 saturated carbocycles. The summed E-state index contributed by atoms with van der Waals surface area (Å²) in [4.78, 5) is 11.0. The molecule has 4 nitrogen and oxygen atoms in total. The van der Waals surface area contributed by atoms with E-state index in [-0.39, 0.29) is 21.0 Å². The molecule has 0 unspecified atom stereocenters. The smallest absolute Gasteiger partial charge is 0.336 e. The van der Waals surface area contributed by atoms with Crippen molar-refractivity contribution in [3.63, 3.8) is 0 Å². The lowest BCUT2D eigenvalue weighted by Gasteiger charge is -2.13. The van der Waals surface area contributed by atoms with Crippen LogP contribution < -0.4 is 0 Å². The zero-order valence-electron chi connectivity index (χ0n) is 9.69. The molecule has 1 rings (SSSR count). The van der Waals surface area contributed by atoms with Gasteiger partial charge >= 0.3 is 5.97 Å². The van der Waals surface area contributed by atoms with Gasteiger partial charge in [0.2, 0.25) is 0 Å². The maximum Gasteiger partial charge on any atom is 0.336 e. The minimum Gasteiger partial charge on any atom is -0.478 e. The normalized spacial score (nSPS) is 11.8. The third-order valence-corrected chi connectivity index (χ3v) is 4.98. The Kier molecular flexibility index (Phi) is 3.84. The predicted octanol–water partition coefficient (Wildman–Crippen LogP) is 2.53. The minimum absolute atomic E-state index is 0.0163. The molecule has 0 aliphatic heterocycles. The Morgan fingerprint density at radius 2 is 1.88 bits per heavy atom. The van der Waals surface area contributed by atoms with E-state index in [1.807, 2.05) is 0 Å². The standard InChI is InChI=1S/C11H13ClO4S/c1-6(2)17(15,16)10-5-8(12)4-9(7(10)3)11(13)14/h4-6H,1-3H3,(H,13,14). The Bertz CT molecular complexity index is 561. The fourth-order valence-corrected chi connectivity index (χ4v) is 3.04. The fraction of sp³-hybridized carbons (Fsp3) is 0.364. The van der Waals surface area contributed by atoms with Crippen molar-refractivity contribution in [2.45, 2.75) is 30.9 Å². The first kappa shape index (κ1) is 14.0. The van der Waals surface area contributed by atoms with Crippen LogP contribution >= 0.6 is 11.6 Å². The first-order valence-corrected chi connectivity index (χ1v) is 6.87. The van der Waals surface area contributed by atoms with Crippen LogP contribution in [0.25, 0.3) is 0 Å². The SMILES string of the molecule is Cc1c(C(=O)O)cc(Cl)cc1S(=O)(=O)C(C)C. The van der Waals surface area contributed by atoms with Crippen LogP contribution in [0.5, 0.6) is 0 Å². The van der Waals surface area contributed by atoms with E-state index in [2.05, 4.69) is 0 Å². The summed E-state index contributed by atoms with van der Waals surface area (Å²) < 4.78 is 24.1. The van der Waals surface area contributed by atoms with E-state index < -0.39 is 21.1 Å². The number of sulfone groups is 1. The van der Waals surface area contributed by atoms with Crippen molar-refractivity contribution >= 4 is 27.4 Å². The molecular weight excluding hydrogens is 264 g/mol. The first-order chi connectivity index (χ1) is 7.67. The summed E-state index contributed by atoms with van der Waals surface area (Å²) in [6.45, 7) is 4.54. The highest BCUT2D eigenvalue weighted by molar-refractivity contribution is 7.92. The number of hydrogen-bond donors (Lipinski definition) is 1. The summed E-state index contributed by atoms with van der Waals surface area (Å²) in [5, 5.41) is 8.45. The van der Waals surface area contributed by atoms with Gasteiger partial charge in [0, 0.05) is 5.02 Å². The quantitative estimate of drug-likeness (QED) is 0.921. The molecule has 0 aliphatic rings. The van der Waals surface area contributed by atoms with E-state index in [9.17, 15) is 13.2 Å². The van der Waals surface area contributed by atoms with Gasteiger partial charge < -0.3 is 5.11 Å². The average molecular weight is 277 g/mol. The molecule has 0 bridgehead atoms. The summed E-state index contributed by atoms with van der Waals surface area (Å²) in [6, 6.07) is 2.54. The molecule has 0 heterocycles. The van der Waals surface area contributed by atoms with Gasteiger partial charge in [-0.3, -0.25) is 0 Å². The number of carboxylic acid groups (broad SMARTS) is 1. The van der Waals surface area contributed by atoms with Crippen LogP contribution in [-0.2, 0) is 9.84 Å². The Morgan fingerprint density at radius 3 is 2.29 bits per heavy atom. The predicted molar refractivity (Wildman–Crippen MR) is 65.5 cm³/mol. The summed E-state index contributed by atoms with van der Waals surface area (Å²) in [5.41, 5.74) is 0.132. The van der Waals surface area contributed by atoms with Crippen LogP contribution in [0.4, 0.5) is 0 Å². The minimum atomic E-state index is -3.53. The van der Waals surface area contributed by atoms with Crippen molar-refractivity contribution < 1.29 is 18.3 Å². The van der Waals surface area contributed by atoms with Crippen LogP contribution in [0.2, 0.25) is 5.02 Å². The van der Waals surface area contributed by atoms with Crippen LogP contribution in [0, 0.1) is 6.92 Å². The molecule has 0 fully saturated rings. The third kappa shape index (κ3) is 2.61. The van der Waals surface area contributed by atoms with Crippen LogP contribution in [-0.4, -0.2) is 24.7 Å². The summed E-state index contributed by atoms with van der Waals surface area (Å²) in [7, 11) is -3.53. The number of hydrogen-bond acceptors (Lipinski definition) is 3. The second-order valence-corrected chi connectivity index (χ2v) is 6.88. The molecule has 6 heteroatoms. The third-order valence-electron chi connectivity index (χ3n) is 2.48. The van der Waals surface area contributed by atoms with Crippen LogP contribution in [0.1, 0.15) is 29.8 Å². The van der Waals surface area contributed by atoms with Gasteiger partial charge in [-0.2, -0.15) is 0 Å². The highest BCUT2D eigenvalue weighted by atomic mass is 35.5. The molecule has 0 aromatic heterocycles. The van der Waals surface area contributed by atoms with Gasteiger partial charge in [-0.25, -0.2) is 13.2 Å². The molecule has 0 saturated heterocycles. The van der Waals surface area contributed by atoms with Crippen molar-refractivity contribution in [1.29, 1.82) is 0 Å². The number of rotatable bonds is 3. The Morgan fingerprint density at radius 1 is 1.35 bits per heavy atom. The average Bonchev–Trinajstić information content (AvgIpc) is 2.20. The highest BCUT2D eigenvalue weighted by Crippen LogP contribution is 2.27. The molecule has 0 amide bonds. The van der Waals surface area contributed by atoms with Crippen molar-refractivity contribution in [1.82, 2.24) is 0 Å². The molecule has 0 atom stereocenters. The van der Waals surface area contributed by atoms with Gasteiger partial charge in [0.05, 0.1) is 15.7 Å². The lowest BCUT2D eigenvalue weighted by atomic mass is 10.1. The molecule has 17 heavy (non-hydrogen) atoms.